The molecule has 0 saturated carbocycles. The molecule has 0 aliphatic heterocycles. The Morgan fingerprint density at radius 3 is 2.75 bits per heavy atom. The summed E-state index contributed by atoms with van der Waals surface area (Å²) >= 11 is 0. The van der Waals surface area contributed by atoms with Crippen LogP contribution in [0.25, 0.3) is 0 Å². The minimum Gasteiger partial charge on any atom is -0.507 e. The Bertz CT molecular complexity index is 376. The minimum atomic E-state index is -0.621. The standard InChI is InChI=1S/C11H15NO4/c1-7(13)6-12-11(15)9-4-3-8(16-2)5-10(9)14/h3-5,7,13-14H,6H2,1-2H3,(H,12,15)/t7-/m0/s1. The number of phenolic OH excluding ortho intramolecular Hbond substituents is 1. The van der Waals surface area contributed by atoms with Gasteiger partial charge in [-0.15, -0.1) is 0 Å². The second-order valence-corrected chi connectivity index (χ2v) is 3.44. The van der Waals surface area contributed by atoms with E-state index in [1.165, 1.54) is 19.2 Å². The zero-order valence-electron chi connectivity index (χ0n) is 9.23. The lowest BCUT2D eigenvalue weighted by atomic mass is 10.1. The number of aliphatic hydroxyl groups excluding tert-OH is 1. The average molecular weight is 225 g/mol. The summed E-state index contributed by atoms with van der Waals surface area (Å²) in [6.45, 7) is 1.71. The van der Waals surface area contributed by atoms with E-state index in [-0.39, 0.29) is 17.9 Å². The number of hydrogen-bond donors (Lipinski definition) is 3. The molecule has 5 heteroatoms. The van der Waals surface area contributed by atoms with Gasteiger partial charge in [-0.2, -0.15) is 0 Å². The highest BCUT2D eigenvalue weighted by atomic mass is 16.5. The van der Waals surface area contributed by atoms with Gasteiger partial charge >= 0.3 is 0 Å². The van der Waals surface area contributed by atoms with Crippen molar-refractivity contribution in [3.8, 4) is 11.5 Å². The number of hydrogen-bond acceptors (Lipinski definition) is 4. The van der Waals surface area contributed by atoms with Crippen molar-refractivity contribution in [3.63, 3.8) is 0 Å². The fourth-order valence-corrected chi connectivity index (χ4v) is 1.17. The highest BCUT2D eigenvalue weighted by Gasteiger charge is 2.11. The molecule has 88 valence electrons. The van der Waals surface area contributed by atoms with Gasteiger partial charge in [-0.1, -0.05) is 0 Å². The molecule has 0 heterocycles. The van der Waals surface area contributed by atoms with Crippen LogP contribution in [0, 0.1) is 0 Å². The second-order valence-electron chi connectivity index (χ2n) is 3.44. The highest BCUT2D eigenvalue weighted by Crippen LogP contribution is 2.23. The summed E-state index contributed by atoms with van der Waals surface area (Å²) in [4.78, 5) is 11.5. The number of phenols is 1. The third-order valence-corrected chi connectivity index (χ3v) is 2.01. The maximum atomic E-state index is 11.5. The number of aromatic hydroxyl groups is 1. The van der Waals surface area contributed by atoms with Crippen molar-refractivity contribution in [1.29, 1.82) is 0 Å². The van der Waals surface area contributed by atoms with Gasteiger partial charge in [-0.25, -0.2) is 0 Å². The van der Waals surface area contributed by atoms with Crippen LogP contribution in [0.15, 0.2) is 18.2 Å². The molecule has 16 heavy (non-hydrogen) atoms. The van der Waals surface area contributed by atoms with Gasteiger partial charge in [0.25, 0.3) is 5.91 Å². The van der Waals surface area contributed by atoms with Crippen LogP contribution in [0.5, 0.6) is 11.5 Å². The number of aliphatic hydroxyl groups is 1. The van der Waals surface area contributed by atoms with Crippen molar-refractivity contribution >= 4 is 5.91 Å². The maximum Gasteiger partial charge on any atom is 0.255 e. The van der Waals surface area contributed by atoms with E-state index in [0.29, 0.717) is 5.75 Å². The van der Waals surface area contributed by atoms with Gasteiger partial charge in [0.05, 0.1) is 18.8 Å². The number of carbonyl (C=O) groups is 1. The van der Waals surface area contributed by atoms with Crippen molar-refractivity contribution in [2.75, 3.05) is 13.7 Å². The van der Waals surface area contributed by atoms with E-state index in [4.69, 9.17) is 9.84 Å². The summed E-state index contributed by atoms with van der Waals surface area (Å²) in [5.74, 6) is -0.104. The van der Waals surface area contributed by atoms with Gasteiger partial charge in [0.1, 0.15) is 11.5 Å². The van der Waals surface area contributed by atoms with Crippen LogP contribution in [0.3, 0.4) is 0 Å². The predicted molar refractivity (Wildman–Crippen MR) is 58.7 cm³/mol. The van der Waals surface area contributed by atoms with Gasteiger partial charge in [0, 0.05) is 12.6 Å². The Hall–Kier alpha value is -1.75. The topological polar surface area (TPSA) is 78.8 Å². The molecule has 0 aliphatic rings. The van der Waals surface area contributed by atoms with Crippen molar-refractivity contribution in [2.45, 2.75) is 13.0 Å². The van der Waals surface area contributed by atoms with Crippen molar-refractivity contribution in [3.05, 3.63) is 23.8 Å². The molecule has 0 aromatic heterocycles. The molecule has 0 spiro atoms. The third kappa shape index (κ3) is 3.13. The second kappa shape index (κ2) is 5.37. The third-order valence-electron chi connectivity index (χ3n) is 2.01. The highest BCUT2D eigenvalue weighted by molar-refractivity contribution is 5.97. The summed E-state index contributed by atoms with van der Waals surface area (Å²) < 4.78 is 4.90. The fraction of sp³-hybridized carbons (Fsp3) is 0.364. The van der Waals surface area contributed by atoms with Crippen LogP contribution < -0.4 is 10.1 Å². The predicted octanol–water partition coefficient (Wildman–Crippen LogP) is 0.511. The Kier molecular flexibility index (Phi) is 4.13. The first kappa shape index (κ1) is 12.3. The van der Waals surface area contributed by atoms with Crippen molar-refractivity contribution in [1.82, 2.24) is 5.32 Å². The SMILES string of the molecule is COc1ccc(C(=O)NC[C@H](C)O)c(O)c1. The molecule has 1 atom stereocenters. The van der Waals surface area contributed by atoms with E-state index in [1.54, 1.807) is 13.0 Å². The summed E-state index contributed by atoms with van der Waals surface area (Å²) in [5, 5.41) is 21.0. The average Bonchev–Trinajstić information content (AvgIpc) is 2.25. The summed E-state index contributed by atoms with van der Waals surface area (Å²) in [6.07, 6.45) is -0.621. The monoisotopic (exact) mass is 225 g/mol. The minimum absolute atomic E-state index is 0.143. The molecule has 1 aromatic rings. The number of rotatable bonds is 4. The van der Waals surface area contributed by atoms with Crippen LogP contribution >= 0.6 is 0 Å². The lowest BCUT2D eigenvalue weighted by Gasteiger charge is -2.09. The molecular weight excluding hydrogens is 210 g/mol. The quantitative estimate of drug-likeness (QED) is 0.697. The normalized spacial score (nSPS) is 11.9. The number of ether oxygens (including phenoxy) is 1. The van der Waals surface area contributed by atoms with E-state index in [9.17, 15) is 9.90 Å². The van der Waals surface area contributed by atoms with Gasteiger partial charge in [-0.3, -0.25) is 4.79 Å². The van der Waals surface area contributed by atoms with Gasteiger partial charge in [0.2, 0.25) is 0 Å². The largest absolute Gasteiger partial charge is 0.507 e. The fourth-order valence-electron chi connectivity index (χ4n) is 1.17. The van der Waals surface area contributed by atoms with Crippen molar-refractivity contribution < 1.29 is 19.7 Å². The Morgan fingerprint density at radius 1 is 1.56 bits per heavy atom. The van der Waals surface area contributed by atoms with Gasteiger partial charge in [0.15, 0.2) is 0 Å². The molecule has 0 bridgehead atoms. The molecular formula is C11H15NO4. The number of benzene rings is 1. The van der Waals surface area contributed by atoms with E-state index in [1.807, 2.05) is 0 Å². The van der Waals surface area contributed by atoms with E-state index >= 15 is 0 Å². The number of amides is 1. The Labute approximate surface area is 93.7 Å². The summed E-state index contributed by atoms with van der Waals surface area (Å²) in [5.41, 5.74) is 0.154. The molecule has 0 unspecified atom stereocenters. The van der Waals surface area contributed by atoms with Gasteiger partial charge in [-0.05, 0) is 19.1 Å². The first-order chi connectivity index (χ1) is 7.54. The first-order valence-electron chi connectivity index (χ1n) is 4.88. The molecule has 0 radical (unpaired) electrons. The Balaban J connectivity index is 2.76. The molecule has 5 nitrogen and oxygen atoms in total. The van der Waals surface area contributed by atoms with E-state index in [0.717, 1.165) is 0 Å². The molecule has 1 rings (SSSR count). The van der Waals surface area contributed by atoms with Crippen LogP contribution in [-0.4, -0.2) is 35.9 Å². The molecule has 0 saturated heterocycles. The number of nitrogens with one attached hydrogen (secondary N) is 1. The smallest absolute Gasteiger partial charge is 0.255 e. The van der Waals surface area contributed by atoms with Crippen LogP contribution in [0.1, 0.15) is 17.3 Å². The van der Waals surface area contributed by atoms with Gasteiger partial charge < -0.3 is 20.3 Å². The Morgan fingerprint density at radius 2 is 2.25 bits per heavy atom. The van der Waals surface area contributed by atoms with Crippen LogP contribution in [-0.2, 0) is 0 Å². The maximum absolute atomic E-state index is 11.5. The summed E-state index contributed by atoms with van der Waals surface area (Å²) in [7, 11) is 1.47. The van der Waals surface area contributed by atoms with Crippen molar-refractivity contribution in [2.24, 2.45) is 0 Å². The number of carbonyl (C=O) groups excluding carboxylic acids is 1. The first-order valence-corrected chi connectivity index (χ1v) is 4.88. The van der Waals surface area contributed by atoms with E-state index < -0.39 is 12.0 Å². The zero-order valence-corrected chi connectivity index (χ0v) is 9.23. The molecule has 0 aliphatic carbocycles. The molecule has 0 fully saturated rings. The lowest BCUT2D eigenvalue weighted by molar-refractivity contribution is 0.0921. The molecule has 1 amide bonds. The molecule has 3 N–H and O–H groups in total. The van der Waals surface area contributed by atoms with E-state index in [2.05, 4.69) is 5.32 Å². The van der Waals surface area contributed by atoms with Crippen LogP contribution in [0.2, 0.25) is 0 Å². The molecule has 1 aromatic carbocycles. The lowest BCUT2D eigenvalue weighted by Crippen LogP contribution is -2.30. The zero-order chi connectivity index (χ0) is 12.1. The summed E-state index contributed by atoms with van der Waals surface area (Å²) in [6, 6.07) is 4.40. The number of methoxy groups -OCH3 is 1. The van der Waals surface area contributed by atoms with Crippen LogP contribution in [0.4, 0.5) is 0 Å².